The number of hydrogen-bond acceptors (Lipinski definition) is 0. The van der Waals surface area contributed by atoms with Crippen LogP contribution >= 0.6 is 11.6 Å². The number of halogens is 1. The summed E-state index contributed by atoms with van der Waals surface area (Å²) in [5, 5.41) is 0.671. The van der Waals surface area contributed by atoms with Gasteiger partial charge in [0.1, 0.15) is 0 Å². The Balaban J connectivity index is 5.12. The van der Waals surface area contributed by atoms with Crippen LogP contribution in [0.15, 0.2) is 34.9 Å². The maximum absolute atomic E-state index is 5.93. The summed E-state index contributed by atoms with van der Waals surface area (Å²) >= 11 is 5.93. The first-order valence-electron chi connectivity index (χ1n) is 4.75. The second-order valence-electron chi connectivity index (χ2n) is 3.35. The van der Waals surface area contributed by atoms with Crippen molar-refractivity contribution in [3.8, 4) is 0 Å². The van der Waals surface area contributed by atoms with Crippen LogP contribution in [0.25, 0.3) is 0 Å². The van der Waals surface area contributed by atoms with E-state index in [0.29, 0.717) is 11.0 Å². The van der Waals surface area contributed by atoms with Crippen LogP contribution in [-0.2, 0) is 0 Å². The molecule has 0 aromatic heterocycles. The third-order valence-corrected chi connectivity index (χ3v) is 2.23. The van der Waals surface area contributed by atoms with Gasteiger partial charge in [0, 0.05) is 5.03 Å². The molecular formula is C12H19Cl. The summed E-state index contributed by atoms with van der Waals surface area (Å²) < 4.78 is 0. The van der Waals surface area contributed by atoms with Gasteiger partial charge < -0.3 is 0 Å². The molecule has 0 aliphatic carbocycles. The maximum atomic E-state index is 5.93. The SMILES string of the molecule is C=C(Cl)/C(CC)=C(\C=C/C)C(C)C. The molecule has 0 amide bonds. The molecule has 0 aromatic carbocycles. The van der Waals surface area contributed by atoms with E-state index >= 15 is 0 Å². The first kappa shape index (κ1) is 12.5. The van der Waals surface area contributed by atoms with E-state index in [2.05, 4.69) is 33.4 Å². The molecule has 0 radical (unpaired) electrons. The van der Waals surface area contributed by atoms with E-state index in [1.165, 1.54) is 11.1 Å². The summed E-state index contributed by atoms with van der Waals surface area (Å²) in [4.78, 5) is 0. The van der Waals surface area contributed by atoms with Gasteiger partial charge in [-0.15, -0.1) is 0 Å². The van der Waals surface area contributed by atoms with Crippen molar-refractivity contribution in [3.63, 3.8) is 0 Å². The van der Waals surface area contributed by atoms with E-state index in [9.17, 15) is 0 Å². The molecule has 0 rings (SSSR count). The van der Waals surface area contributed by atoms with Crippen LogP contribution < -0.4 is 0 Å². The van der Waals surface area contributed by atoms with Crippen LogP contribution in [0.4, 0.5) is 0 Å². The van der Waals surface area contributed by atoms with E-state index in [1.54, 1.807) is 0 Å². The predicted molar refractivity (Wildman–Crippen MR) is 62.0 cm³/mol. The summed E-state index contributed by atoms with van der Waals surface area (Å²) in [6, 6.07) is 0. The zero-order valence-corrected chi connectivity index (χ0v) is 9.78. The van der Waals surface area contributed by atoms with Crippen molar-refractivity contribution in [3.05, 3.63) is 34.9 Å². The Hall–Kier alpha value is -0.490. The van der Waals surface area contributed by atoms with Crippen molar-refractivity contribution in [2.24, 2.45) is 5.92 Å². The van der Waals surface area contributed by atoms with Crippen LogP contribution in [0.1, 0.15) is 34.1 Å². The molecule has 0 heterocycles. The molecule has 1 heteroatoms. The molecular weight excluding hydrogens is 180 g/mol. The molecule has 0 unspecified atom stereocenters. The molecule has 0 fully saturated rings. The Bertz CT molecular complexity index is 232. The largest absolute Gasteiger partial charge is 0.0874 e. The van der Waals surface area contributed by atoms with Gasteiger partial charge in [-0.25, -0.2) is 0 Å². The van der Waals surface area contributed by atoms with Crippen molar-refractivity contribution >= 4 is 11.6 Å². The third kappa shape index (κ3) is 3.82. The fourth-order valence-corrected chi connectivity index (χ4v) is 1.62. The quantitative estimate of drug-likeness (QED) is 0.576. The molecule has 0 spiro atoms. The molecule has 0 nitrogen and oxygen atoms in total. The lowest BCUT2D eigenvalue weighted by atomic mass is 9.95. The smallest absolute Gasteiger partial charge is 0.0368 e. The molecule has 0 aliphatic rings. The number of hydrogen-bond donors (Lipinski definition) is 0. The highest BCUT2D eigenvalue weighted by atomic mass is 35.5. The second-order valence-corrected chi connectivity index (χ2v) is 3.80. The van der Waals surface area contributed by atoms with E-state index in [0.717, 1.165) is 6.42 Å². The fraction of sp³-hybridized carbons (Fsp3) is 0.500. The van der Waals surface area contributed by atoms with Gasteiger partial charge in [0.05, 0.1) is 0 Å². The predicted octanol–water partition coefficient (Wildman–Crippen LogP) is 4.68. The molecule has 0 atom stereocenters. The zero-order chi connectivity index (χ0) is 10.4. The minimum atomic E-state index is 0.502. The standard InChI is InChI=1S/C12H19Cl/c1-6-8-12(9(3)4)11(7-2)10(5)13/h6,8-9H,5,7H2,1-4H3/b8-6-,12-11+. The van der Waals surface area contributed by atoms with E-state index < -0.39 is 0 Å². The summed E-state index contributed by atoms with van der Waals surface area (Å²) in [5.74, 6) is 0.502. The van der Waals surface area contributed by atoms with Crippen molar-refractivity contribution < 1.29 is 0 Å². The van der Waals surface area contributed by atoms with Crippen LogP contribution in [-0.4, -0.2) is 0 Å². The summed E-state index contributed by atoms with van der Waals surface area (Å²) in [5.41, 5.74) is 2.47. The van der Waals surface area contributed by atoms with Gasteiger partial charge in [-0.2, -0.15) is 0 Å². The van der Waals surface area contributed by atoms with E-state index in [1.807, 2.05) is 13.0 Å². The minimum absolute atomic E-state index is 0.502. The second kappa shape index (κ2) is 6.04. The average molecular weight is 199 g/mol. The van der Waals surface area contributed by atoms with Gasteiger partial charge in [-0.05, 0) is 30.4 Å². The lowest BCUT2D eigenvalue weighted by Crippen LogP contribution is -1.97. The van der Waals surface area contributed by atoms with Gasteiger partial charge in [0.15, 0.2) is 0 Å². The molecule has 13 heavy (non-hydrogen) atoms. The molecule has 0 saturated heterocycles. The van der Waals surface area contributed by atoms with Crippen LogP contribution in [0, 0.1) is 5.92 Å². The molecule has 0 bridgehead atoms. The van der Waals surface area contributed by atoms with Crippen molar-refractivity contribution in [1.29, 1.82) is 0 Å². The van der Waals surface area contributed by atoms with Crippen molar-refractivity contribution in [1.82, 2.24) is 0 Å². The lowest BCUT2D eigenvalue weighted by Gasteiger charge is -2.13. The van der Waals surface area contributed by atoms with Gasteiger partial charge >= 0.3 is 0 Å². The van der Waals surface area contributed by atoms with Gasteiger partial charge in [0.25, 0.3) is 0 Å². The Kier molecular flexibility index (Phi) is 5.81. The highest BCUT2D eigenvalue weighted by molar-refractivity contribution is 6.31. The first-order valence-corrected chi connectivity index (χ1v) is 5.12. The summed E-state index contributed by atoms with van der Waals surface area (Å²) in [7, 11) is 0. The molecule has 0 N–H and O–H groups in total. The van der Waals surface area contributed by atoms with Crippen LogP contribution in [0.5, 0.6) is 0 Å². The Morgan fingerprint density at radius 2 is 2.00 bits per heavy atom. The topological polar surface area (TPSA) is 0 Å². The molecule has 0 saturated carbocycles. The number of allylic oxidation sites excluding steroid dienone is 5. The highest BCUT2D eigenvalue weighted by Crippen LogP contribution is 2.26. The summed E-state index contributed by atoms with van der Waals surface area (Å²) in [6.07, 6.45) is 5.11. The van der Waals surface area contributed by atoms with Crippen molar-refractivity contribution in [2.75, 3.05) is 0 Å². The maximum Gasteiger partial charge on any atom is 0.0368 e. The normalized spacial score (nSPS) is 13.7. The van der Waals surface area contributed by atoms with Crippen molar-refractivity contribution in [2.45, 2.75) is 34.1 Å². The molecule has 74 valence electrons. The van der Waals surface area contributed by atoms with Gasteiger partial charge in [0.2, 0.25) is 0 Å². The fourth-order valence-electron chi connectivity index (χ4n) is 1.37. The van der Waals surface area contributed by atoms with E-state index in [4.69, 9.17) is 11.6 Å². The number of rotatable bonds is 4. The lowest BCUT2D eigenvalue weighted by molar-refractivity contribution is 0.775. The molecule has 0 aromatic rings. The summed E-state index contributed by atoms with van der Waals surface area (Å²) in [6.45, 7) is 12.3. The third-order valence-electron chi connectivity index (χ3n) is 2.00. The average Bonchev–Trinajstić information content (AvgIpc) is 2.03. The van der Waals surface area contributed by atoms with Crippen LogP contribution in [0.3, 0.4) is 0 Å². The molecule has 0 aliphatic heterocycles. The van der Waals surface area contributed by atoms with Gasteiger partial charge in [-0.1, -0.05) is 51.1 Å². The van der Waals surface area contributed by atoms with E-state index in [-0.39, 0.29) is 0 Å². The first-order chi connectivity index (χ1) is 6.04. The highest BCUT2D eigenvalue weighted by Gasteiger charge is 2.07. The Morgan fingerprint density at radius 1 is 1.46 bits per heavy atom. The van der Waals surface area contributed by atoms with Crippen LogP contribution in [0.2, 0.25) is 0 Å². The Labute approximate surface area is 87.0 Å². The minimum Gasteiger partial charge on any atom is -0.0874 e. The van der Waals surface area contributed by atoms with Gasteiger partial charge in [-0.3, -0.25) is 0 Å². The monoisotopic (exact) mass is 198 g/mol. The zero-order valence-electron chi connectivity index (χ0n) is 9.02. The Morgan fingerprint density at radius 3 is 2.23 bits per heavy atom.